The molecule has 1 unspecified atom stereocenters. The van der Waals surface area contributed by atoms with Crippen LogP contribution >= 0.6 is 0 Å². The molecule has 4 rings (SSSR count). The molecular weight excluding hydrogens is 328 g/mol. The minimum atomic E-state index is -0.0405. The van der Waals surface area contributed by atoms with Gasteiger partial charge in [-0.25, -0.2) is 0 Å². The third-order valence-corrected chi connectivity index (χ3v) is 5.96. The van der Waals surface area contributed by atoms with Gasteiger partial charge < -0.3 is 5.11 Å². The fourth-order valence-corrected chi connectivity index (χ4v) is 4.64. The highest BCUT2D eigenvalue weighted by atomic mass is 16.3. The van der Waals surface area contributed by atoms with Crippen molar-refractivity contribution in [1.82, 2.24) is 30.1 Å². The van der Waals surface area contributed by atoms with Crippen molar-refractivity contribution in [2.45, 2.75) is 70.6 Å². The Morgan fingerprint density at radius 1 is 1.15 bits per heavy atom. The number of hydrogen-bond acceptors (Lipinski definition) is 5. The highest BCUT2D eigenvalue weighted by Crippen LogP contribution is 2.33. The van der Waals surface area contributed by atoms with Crippen molar-refractivity contribution in [3.05, 3.63) is 29.3 Å². The third kappa shape index (κ3) is 4.15. The Labute approximate surface area is 154 Å². The van der Waals surface area contributed by atoms with E-state index in [-0.39, 0.29) is 6.61 Å². The molecule has 2 aromatic heterocycles. The van der Waals surface area contributed by atoms with Gasteiger partial charge in [0.2, 0.25) is 0 Å². The SMILES string of the molecule is OCc1cn(CC2CCCN(Cc3cn[nH]c3C3CCCCC3)C2)nn1. The maximum Gasteiger partial charge on any atom is 0.108 e. The van der Waals surface area contributed by atoms with Crippen LogP contribution in [0.1, 0.15) is 67.8 Å². The molecule has 7 heteroatoms. The molecule has 142 valence electrons. The lowest BCUT2D eigenvalue weighted by Gasteiger charge is -2.33. The Morgan fingerprint density at radius 3 is 2.85 bits per heavy atom. The number of aromatic amines is 1. The summed E-state index contributed by atoms with van der Waals surface area (Å²) < 4.78 is 1.88. The average Bonchev–Trinajstić information content (AvgIpc) is 3.32. The zero-order valence-electron chi connectivity index (χ0n) is 15.5. The number of aromatic nitrogens is 5. The van der Waals surface area contributed by atoms with Gasteiger partial charge in [0.1, 0.15) is 5.69 Å². The van der Waals surface area contributed by atoms with Crippen LogP contribution in [0.15, 0.2) is 12.4 Å². The highest BCUT2D eigenvalue weighted by molar-refractivity contribution is 5.21. The Kier molecular flexibility index (Phi) is 5.65. The van der Waals surface area contributed by atoms with Gasteiger partial charge in [0.05, 0.1) is 19.0 Å². The molecule has 0 bridgehead atoms. The molecule has 1 aliphatic carbocycles. The summed E-state index contributed by atoms with van der Waals surface area (Å²) in [4.78, 5) is 2.56. The Hall–Kier alpha value is -1.73. The predicted molar refractivity (Wildman–Crippen MR) is 98.4 cm³/mol. The molecule has 0 aromatic carbocycles. The topological polar surface area (TPSA) is 82.9 Å². The molecule has 0 radical (unpaired) electrons. The maximum absolute atomic E-state index is 9.14. The summed E-state index contributed by atoms with van der Waals surface area (Å²) in [5.41, 5.74) is 3.42. The number of nitrogens with one attached hydrogen (secondary N) is 1. The van der Waals surface area contributed by atoms with E-state index in [1.54, 1.807) is 0 Å². The summed E-state index contributed by atoms with van der Waals surface area (Å²) in [6, 6.07) is 0. The number of hydrogen-bond donors (Lipinski definition) is 2. The van der Waals surface area contributed by atoms with Gasteiger partial charge in [-0.3, -0.25) is 14.7 Å². The van der Waals surface area contributed by atoms with Crippen molar-refractivity contribution in [2.24, 2.45) is 5.92 Å². The van der Waals surface area contributed by atoms with E-state index in [0.29, 0.717) is 17.5 Å². The van der Waals surface area contributed by atoms with Gasteiger partial charge in [-0.1, -0.05) is 24.5 Å². The summed E-state index contributed by atoms with van der Waals surface area (Å²) >= 11 is 0. The van der Waals surface area contributed by atoms with Gasteiger partial charge in [-0.2, -0.15) is 5.10 Å². The molecule has 1 atom stereocenters. The molecule has 0 spiro atoms. The lowest BCUT2D eigenvalue weighted by atomic mass is 9.85. The van der Waals surface area contributed by atoms with E-state index in [1.807, 2.05) is 17.1 Å². The third-order valence-electron chi connectivity index (χ3n) is 5.96. The number of aliphatic hydroxyl groups is 1. The molecule has 0 amide bonds. The molecule has 7 nitrogen and oxygen atoms in total. The minimum Gasteiger partial charge on any atom is -0.390 e. The number of likely N-dealkylation sites (tertiary alicyclic amines) is 1. The first kappa shape index (κ1) is 17.7. The van der Waals surface area contributed by atoms with E-state index in [4.69, 9.17) is 5.11 Å². The monoisotopic (exact) mass is 358 g/mol. The van der Waals surface area contributed by atoms with Gasteiger partial charge >= 0.3 is 0 Å². The largest absolute Gasteiger partial charge is 0.390 e. The highest BCUT2D eigenvalue weighted by Gasteiger charge is 2.24. The zero-order chi connectivity index (χ0) is 17.8. The second-order valence-corrected chi connectivity index (χ2v) is 7.98. The number of aliphatic hydroxyl groups excluding tert-OH is 1. The first-order valence-electron chi connectivity index (χ1n) is 10.1. The van der Waals surface area contributed by atoms with Crippen LogP contribution in [0.5, 0.6) is 0 Å². The fourth-order valence-electron chi connectivity index (χ4n) is 4.64. The van der Waals surface area contributed by atoms with Crippen molar-refractivity contribution in [1.29, 1.82) is 0 Å². The molecule has 1 saturated carbocycles. The predicted octanol–water partition coefficient (Wildman–Crippen LogP) is 2.45. The molecule has 2 aromatic rings. The van der Waals surface area contributed by atoms with Crippen LogP contribution in [-0.4, -0.2) is 48.3 Å². The summed E-state index contributed by atoms with van der Waals surface area (Å²) in [7, 11) is 0. The fraction of sp³-hybridized carbons (Fsp3) is 0.737. The van der Waals surface area contributed by atoms with Gasteiger partial charge in [-0.05, 0) is 38.1 Å². The zero-order valence-corrected chi connectivity index (χ0v) is 15.5. The second-order valence-electron chi connectivity index (χ2n) is 7.98. The van der Waals surface area contributed by atoms with Crippen molar-refractivity contribution >= 4 is 0 Å². The van der Waals surface area contributed by atoms with E-state index < -0.39 is 0 Å². The van der Waals surface area contributed by atoms with Crippen LogP contribution < -0.4 is 0 Å². The maximum atomic E-state index is 9.14. The molecule has 2 fully saturated rings. The van der Waals surface area contributed by atoms with Crippen LogP contribution in [0.3, 0.4) is 0 Å². The second kappa shape index (κ2) is 8.31. The first-order valence-corrected chi connectivity index (χ1v) is 10.1. The molecule has 2 aliphatic rings. The molecule has 2 N–H and O–H groups in total. The van der Waals surface area contributed by atoms with Crippen LogP contribution in [0.25, 0.3) is 0 Å². The molecule has 1 aliphatic heterocycles. The summed E-state index contributed by atoms with van der Waals surface area (Å²) in [6.07, 6.45) is 13.0. The Bertz CT molecular complexity index is 690. The van der Waals surface area contributed by atoms with Crippen LogP contribution in [0.4, 0.5) is 0 Å². The van der Waals surface area contributed by atoms with E-state index in [2.05, 4.69) is 25.4 Å². The van der Waals surface area contributed by atoms with Gasteiger partial charge in [0.15, 0.2) is 0 Å². The van der Waals surface area contributed by atoms with Crippen LogP contribution in [0, 0.1) is 5.92 Å². The lowest BCUT2D eigenvalue weighted by molar-refractivity contribution is 0.152. The summed E-state index contributed by atoms with van der Waals surface area (Å²) in [6.45, 7) is 4.08. The molecule has 3 heterocycles. The van der Waals surface area contributed by atoms with Crippen molar-refractivity contribution in [3.63, 3.8) is 0 Å². The van der Waals surface area contributed by atoms with Crippen LogP contribution in [0.2, 0.25) is 0 Å². The minimum absolute atomic E-state index is 0.0405. The molecule has 1 saturated heterocycles. The van der Waals surface area contributed by atoms with Crippen LogP contribution in [-0.2, 0) is 19.7 Å². The number of nitrogens with zero attached hydrogens (tertiary/aromatic N) is 5. The van der Waals surface area contributed by atoms with E-state index >= 15 is 0 Å². The quantitative estimate of drug-likeness (QED) is 0.829. The summed E-state index contributed by atoms with van der Waals surface area (Å²) in [5, 5.41) is 24.9. The molecular formula is C19H30N6O. The Morgan fingerprint density at radius 2 is 2.04 bits per heavy atom. The van der Waals surface area contributed by atoms with Crippen molar-refractivity contribution < 1.29 is 5.11 Å². The van der Waals surface area contributed by atoms with Gasteiger partial charge in [-0.15, -0.1) is 5.10 Å². The smallest absolute Gasteiger partial charge is 0.108 e. The number of H-pyrrole nitrogens is 1. The standard InChI is InChI=1S/C19H30N6O/c26-14-18-13-25(23-21-18)11-15-5-4-8-24(10-15)12-17-9-20-22-19(17)16-6-2-1-3-7-16/h9,13,15-16,26H,1-8,10-12,14H2,(H,20,22). The normalized spacial score (nSPS) is 22.7. The van der Waals surface area contributed by atoms with E-state index in [0.717, 1.165) is 26.2 Å². The lowest BCUT2D eigenvalue weighted by Crippen LogP contribution is -2.36. The first-order chi connectivity index (χ1) is 12.8. The Balaban J connectivity index is 1.35. The van der Waals surface area contributed by atoms with E-state index in [9.17, 15) is 0 Å². The number of rotatable bonds is 6. The van der Waals surface area contributed by atoms with Gasteiger partial charge in [0, 0.05) is 36.8 Å². The average molecular weight is 358 g/mol. The van der Waals surface area contributed by atoms with Gasteiger partial charge in [0.25, 0.3) is 0 Å². The summed E-state index contributed by atoms with van der Waals surface area (Å²) in [5.74, 6) is 1.26. The number of piperidine rings is 1. The van der Waals surface area contributed by atoms with Crippen molar-refractivity contribution in [3.8, 4) is 0 Å². The van der Waals surface area contributed by atoms with E-state index in [1.165, 1.54) is 56.2 Å². The molecule has 26 heavy (non-hydrogen) atoms. The van der Waals surface area contributed by atoms with Crippen molar-refractivity contribution in [2.75, 3.05) is 13.1 Å².